The molecule has 0 radical (unpaired) electrons. The van der Waals surface area contributed by atoms with E-state index in [1.807, 2.05) is 13.3 Å². The summed E-state index contributed by atoms with van der Waals surface area (Å²) in [5.74, 6) is -0.0864. The van der Waals surface area contributed by atoms with Gasteiger partial charge in [-0.15, -0.1) is 0 Å². The van der Waals surface area contributed by atoms with E-state index >= 15 is 0 Å². The van der Waals surface area contributed by atoms with Crippen LogP contribution in [-0.2, 0) is 16.1 Å². The third-order valence-electron chi connectivity index (χ3n) is 3.82. The third kappa shape index (κ3) is 4.06. The second kappa shape index (κ2) is 7.25. The van der Waals surface area contributed by atoms with Gasteiger partial charge in [-0.2, -0.15) is 0 Å². The Bertz CT molecular complexity index is 617. The van der Waals surface area contributed by atoms with Crippen LogP contribution < -0.4 is 0 Å². The van der Waals surface area contributed by atoms with Gasteiger partial charge in [-0.25, -0.2) is 4.98 Å². The van der Waals surface area contributed by atoms with Crippen molar-refractivity contribution >= 4 is 17.0 Å². The van der Waals surface area contributed by atoms with Crippen molar-refractivity contribution in [3.05, 3.63) is 29.6 Å². The summed E-state index contributed by atoms with van der Waals surface area (Å²) in [7, 11) is 0. The van der Waals surface area contributed by atoms with Crippen LogP contribution in [0.5, 0.6) is 0 Å². The zero-order valence-electron chi connectivity index (χ0n) is 13.2. The van der Waals surface area contributed by atoms with E-state index in [-0.39, 0.29) is 5.97 Å². The Kier molecular flexibility index (Phi) is 5.37. The molecule has 1 heterocycles. The van der Waals surface area contributed by atoms with Crippen LogP contribution in [0.2, 0.25) is 0 Å². The maximum atomic E-state index is 11.2. The predicted molar refractivity (Wildman–Crippen MR) is 84.3 cm³/mol. The molecule has 0 saturated heterocycles. The van der Waals surface area contributed by atoms with Crippen LogP contribution in [0.25, 0.3) is 11.0 Å². The highest BCUT2D eigenvalue weighted by molar-refractivity contribution is 5.77. The lowest BCUT2D eigenvalue weighted by Crippen LogP contribution is -2.03. The van der Waals surface area contributed by atoms with Crippen molar-refractivity contribution in [2.75, 3.05) is 6.61 Å². The van der Waals surface area contributed by atoms with Crippen molar-refractivity contribution in [3.63, 3.8) is 0 Å². The number of benzene rings is 1. The monoisotopic (exact) mass is 288 g/mol. The maximum absolute atomic E-state index is 11.2. The molecule has 0 amide bonds. The number of imidazole rings is 1. The first-order chi connectivity index (χ1) is 10.1. The van der Waals surface area contributed by atoms with Crippen molar-refractivity contribution in [2.45, 2.75) is 53.0 Å². The summed E-state index contributed by atoms with van der Waals surface area (Å²) in [5.41, 5.74) is 4.84. The summed E-state index contributed by atoms with van der Waals surface area (Å²) < 4.78 is 7.12. The Balaban J connectivity index is 1.84. The largest absolute Gasteiger partial charge is 0.466 e. The molecule has 0 saturated carbocycles. The smallest absolute Gasteiger partial charge is 0.305 e. The van der Waals surface area contributed by atoms with Crippen molar-refractivity contribution < 1.29 is 9.53 Å². The van der Waals surface area contributed by atoms with Gasteiger partial charge in [0.1, 0.15) is 0 Å². The van der Waals surface area contributed by atoms with Crippen LogP contribution in [0.15, 0.2) is 18.5 Å². The Morgan fingerprint density at radius 3 is 2.71 bits per heavy atom. The summed E-state index contributed by atoms with van der Waals surface area (Å²) in [5, 5.41) is 0. The van der Waals surface area contributed by atoms with Crippen molar-refractivity contribution in [1.82, 2.24) is 9.55 Å². The molecule has 1 aromatic heterocycles. The highest BCUT2D eigenvalue weighted by Crippen LogP contribution is 2.19. The minimum atomic E-state index is -0.0864. The summed E-state index contributed by atoms with van der Waals surface area (Å²) in [6.45, 7) is 7.50. The number of hydrogen-bond donors (Lipinski definition) is 0. The molecule has 2 rings (SSSR count). The summed E-state index contributed by atoms with van der Waals surface area (Å²) in [6.07, 6.45) is 5.41. The van der Waals surface area contributed by atoms with Gasteiger partial charge in [0.05, 0.1) is 24.0 Å². The van der Waals surface area contributed by atoms with E-state index in [2.05, 4.69) is 35.5 Å². The van der Waals surface area contributed by atoms with E-state index in [4.69, 9.17) is 4.74 Å². The molecule has 0 atom stereocenters. The fraction of sp³-hybridized carbons (Fsp3) is 0.529. The number of carbonyl (C=O) groups is 1. The number of unbranched alkanes of at least 4 members (excludes halogenated alkanes) is 2. The molecule has 0 bridgehead atoms. The zero-order valence-corrected chi connectivity index (χ0v) is 13.2. The fourth-order valence-electron chi connectivity index (χ4n) is 2.45. The molecule has 114 valence electrons. The lowest BCUT2D eigenvalue weighted by Gasteiger charge is -2.06. The van der Waals surface area contributed by atoms with Crippen LogP contribution in [0.4, 0.5) is 0 Å². The van der Waals surface area contributed by atoms with Gasteiger partial charge in [-0.1, -0.05) is 6.42 Å². The van der Waals surface area contributed by atoms with Gasteiger partial charge in [0.15, 0.2) is 0 Å². The number of ether oxygens (including phenoxy) is 1. The van der Waals surface area contributed by atoms with Crippen LogP contribution in [0, 0.1) is 13.8 Å². The van der Waals surface area contributed by atoms with Crippen molar-refractivity contribution in [2.24, 2.45) is 0 Å². The average molecular weight is 288 g/mol. The highest BCUT2D eigenvalue weighted by Gasteiger charge is 2.05. The highest BCUT2D eigenvalue weighted by atomic mass is 16.5. The predicted octanol–water partition coefficient (Wildman–Crippen LogP) is 3.78. The first-order valence-electron chi connectivity index (χ1n) is 7.69. The number of aryl methyl sites for hydroxylation is 3. The third-order valence-corrected chi connectivity index (χ3v) is 3.82. The number of esters is 1. The van der Waals surface area contributed by atoms with Crippen molar-refractivity contribution in [1.29, 1.82) is 0 Å². The first kappa shape index (κ1) is 15.5. The quantitative estimate of drug-likeness (QED) is 0.575. The number of rotatable bonds is 7. The van der Waals surface area contributed by atoms with Gasteiger partial charge in [0.25, 0.3) is 0 Å². The normalized spacial score (nSPS) is 11.0. The number of hydrogen-bond acceptors (Lipinski definition) is 3. The molecule has 0 fully saturated rings. The SMILES string of the molecule is CCOC(=O)CCCCCn1cnc2cc(C)c(C)cc21. The minimum Gasteiger partial charge on any atom is -0.466 e. The molecule has 0 N–H and O–H groups in total. The molecule has 2 aromatic rings. The Labute approximate surface area is 126 Å². The van der Waals surface area contributed by atoms with E-state index in [1.54, 1.807) is 0 Å². The second-order valence-corrected chi connectivity index (χ2v) is 5.48. The van der Waals surface area contributed by atoms with E-state index in [0.717, 1.165) is 31.3 Å². The molecule has 0 aliphatic rings. The lowest BCUT2D eigenvalue weighted by molar-refractivity contribution is -0.143. The number of fused-ring (bicyclic) bond motifs is 1. The Hall–Kier alpha value is -1.84. The topological polar surface area (TPSA) is 44.1 Å². The molecule has 0 aliphatic heterocycles. The molecular formula is C17H24N2O2. The Morgan fingerprint density at radius 2 is 1.95 bits per heavy atom. The standard InChI is InChI=1S/C17H24N2O2/c1-4-21-17(20)8-6-5-7-9-19-12-18-15-10-13(2)14(3)11-16(15)19/h10-12H,4-9H2,1-3H3. The number of aromatic nitrogens is 2. The van der Waals surface area contributed by atoms with Crippen LogP contribution >= 0.6 is 0 Å². The van der Waals surface area contributed by atoms with Gasteiger partial charge in [-0.3, -0.25) is 4.79 Å². The van der Waals surface area contributed by atoms with E-state index < -0.39 is 0 Å². The van der Waals surface area contributed by atoms with Gasteiger partial charge in [0.2, 0.25) is 0 Å². The van der Waals surface area contributed by atoms with Crippen LogP contribution in [-0.4, -0.2) is 22.1 Å². The number of carbonyl (C=O) groups excluding carboxylic acids is 1. The van der Waals surface area contributed by atoms with Gasteiger partial charge in [0, 0.05) is 13.0 Å². The fourth-order valence-corrected chi connectivity index (χ4v) is 2.45. The van der Waals surface area contributed by atoms with E-state index in [0.29, 0.717) is 13.0 Å². The first-order valence-corrected chi connectivity index (χ1v) is 7.69. The van der Waals surface area contributed by atoms with Crippen LogP contribution in [0.1, 0.15) is 43.7 Å². The summed E-state index contributed by atoms with van der Waals surface area (Å²) >= 11 is 0. The van der Waals surface area contributed by atoms with E-state index in [1.165, 1.54) is 16.6 Å². The summed E-state index contributed by atoms with van der Waals surface area (Å²) in [4.78, 5) is 15.7. The second-order valence-electron chi connectivity index (χ2n) is 5.48. The number of nitrogens with zero attached hydrogens (tertiary/aromatic N) is 2. The Morgan fingerprint density at radius 1 is 1.19 bits per heavy atom. The molecule has 0 aliphatic carbocycles. The van der Waals surface area contributed by atoms with Gasteiger partial charge < -0.3 is 9.30 Å². The molecule has 4 nitrogen and oxygen atoms in total. The molecule has 0 spiro atoms. The van der Waals surface area contributed by atoms with Gasteiger partial charge >= 0.3 is 5.97 Å². The maximum Gasteiger partial charge on any atom is 0.305 e. The van der Waals surface area contributed by atoms with Crippen molar-refractivity contribution in [3.8, 4) is 0 Å². The van der Waals surface area contributed by atoms with Crippen LogP contribution in [0.3, 0.4) is 0 Å². The van der Waals surface area contributed by atoms with Gasteiger partial charge in [-0.05, 0) is 56.9 Å². The zero-order chi connectivity index (χ0) is 15.2. The molecular weight excluding hydrogens is 264 g/mol. The molecule has 0 unspecified atom stereocenters. The molecule has 1 aromatic carbocycles. The summed E-state index contributed by atoms with van der Waals surface area (Å²) in [6, 6.07) is 4.35. The minimum absolute atomic E-state index is 0.0864. The van der Waals surface area contributed by atoms with E-state index in [9.17, 15) is 4.79 Å². The molecule has 21 heavy (non-hydrogen) atoms. The lowest BCUT2D eigenvalue weighted by atomic mass is 10.1. The molecule has 4 heteroatoms. The average Bonchev–Trinajstić information content (AvgIpc) is 2.82.